The smallest absolute Gasteiger partial charge is 0.234 e. The minimum absolute atomic E-state index is 0.327. The SMILES string of the molecule is CC(S)C(=O)Cl. The van der Waals surface area contributed by atoms with Crippen LogP contribution in [0, 0.1) is 0 Å². The molecular formula is C3H5ClOS. The molecule has 3 heteroatoms. The molecule has 1 unspecified atom stereocenters. The van der Waals surface area contributed by atoms with Gasteiger partial charge in [-0.1, -0.05) is 0 Å². The van der Waals surface area contributed by atoms with Crippen molar-refractivity contribution in [3.05, 3.63) is 0 Å². The largest absolute Gasteiger partial charge is 0.280 e. The standard InChI is InChI=1S/C3H5ClOS/c1-2(6)3(4)5/h2,6H,1H3. The topological polar surface area (TPSA) is 17.1 Å². The molecule has 0 heterocycles. The van der Waals surface area contributed by atoms with Crippen molar-refractivity contribution in [1.29, 1.82) is 0 Å². The maximum absolute atomic E-state index is 9.83. The Kier molecular flexibility index (Phi) is 2.61. The Hall–Kier alpha value is 0.310. The van der Waals surface area contributed by atoms with Crippen molar-refractivity contribution in [2.24, 2.45) is 0 Å². The predicted molar refractivity (Wildman–Crippen MR) is 29.3 cm³/mol. The van der Waals surface area contributed by atoms with E-state index in [4.69, 9.17) is 11.6 Å². The molecule has 0 fully saturated rings. The van der Waals surface area contributed by atoms with Crippen LogP contribution in [0.5, 0.6) is 0 Å². The minimum atomic E-state index is -0.404. The van der Waals surface area contributed by atoms with Gasteiger partial charge in [0.05, 0.1) is 5.25 Å². The van der Waals surface area contributed by atoms with Crippen LogP contribution in [0.1, 0.15) is 6.92 Å². The maximum Gasteiger partial charge on any atom is 0.234 e. The highest BCUT2D eigenvalue weighted by Gasteiger charge is 1.99. The quantitative estimate of drug-likeness (QED) is 0.409. The average molecular weight is 125 g/mol. The Morgan fingerprint density at radius 1 is 2.00 bits per heavy atom. The molecule has 0 aliphatic rings. The van der Waals surface area contributed by atoms with E-state index >= 15 is 0 Å². The summed E-state index contributed by atoms with van der Waals surface area (Å²) < 4.78 is 0. The van der Waals surface area contributed by atoms with Crippen LogP contribution in [0.25, 0.3) is 0 Å². The van der Waals surface area contributed by atoms with Crippen LogP contribution in [-0.4, -0.2) is 10.5 Å². The van der Waals surface area contributed by atoms with Crippen molar-refractivity contribution in [3.63, 3.8) is 0 Å². The van der Waals surface area contributed by atoms with E-state index in [1.165, 1.54) is 0 Å². The fourth-order valence-electron chi connectivity index (χ4n) is 0. The van der Waals surface area contributed by atoms with Crippen molar-refractivity contribution in [2.45, 2.75) is 12.2 Å². The molecule has 1 nitrogen and oxygen atoms in total. The monoisotopic (exact) mass is 124 g/mol. The first-order chi connectivity index (χ1) is 2.64. The predicted octanol–water partition coefficient (Wildman–Crippen LogP) is 1.07. The Balaban J connectivity index is 3.26. The van der Waals surface area contributed by atoms with Crippen molar-refractivity contribution in [2.75, 3.05) is 0 Å². The zero-order valence-corrected chi connectivity index (χ0v) is 4.96. The highest BCUT2D eigenvalue weighted by atomic mass is 35.5. The third-order valence-electron chi connectivity index (χ3n) is 0.328. The molecule has 0 aliphatic carbocycles. The molecule has 0 aliphatic heterocycles. The van der Waals surface area contributed by atoms with Gasteiger partial charge in [0.1, 0.15) is 0 Å². The molecule has 0 spiro atoms. The summed E-state index contributed by atoms with van der Waals surface area (Å²) in [5, 5.41) is -0.731. The van der Waals surface area contributed by atoms with Gasteiger partial charge in [0.25, 0.3) is 0 Å². The van der Waals surface area contributed by atoms with Crippen LogP contribution in [0.3, 0.4) is 0 Å². The van der Waals surface area contributed by atoms with Crippen LogP contribution in [0.4, 0.5) is 0 Å². The summed E-state index contributed by atoms with van der Waals surface area (Å²) in [5.41, 5.74) is 0. The van der Waals surface area contributed by atoms with Gasteiger partial charge >= 0.3 is 0 Å². The third kappa shape index (κ3) is 2.54. The molecule has 0 bridgehead atoms. The third-order valence-corrected chi connectivity index (χ3v) is 1.04. The maximum atomic E-state index is 9.83. The second kappa shape index (κ2) is 2.48. The van der Waals surface area contributed by atoms with E-state index in [1.54, 1.807) is 6.92 Å². The number of thiol groups is 1. The molecule has 0 aromatic rings. The first-order valence-corrected chi connectivity index (χ1v) is 2.41. The number of halogens is 1. The van der Waals surface area contributed by atoms with E-state index in [0.717, 1.165) is 0 Å². The van der Waals surface area contributed by atoms with Crippen LogP contribution in [0.15, 0.2) is 0 Å². The molecule has 0 aromatic heterocycles. The molecule has 0 saturated heterocycles. The Morgan fingerprint density at radius 3 is 2.17 bits per heavy atom. The second-order valence-corrected chi connectivity index (χ2v) is 2.13. The normalized spacial score (nSPS) is 13.8. The van der Waals surface area contributed by atoms with E-state index < -0.39 is 5.24 Å². The fraction of sp³-hybridized carbons (Fsp3) is 0.667. The van der Waals surface area contributed by atoms with E-state index in [1.807, 2.05) is 0 Å². The number of hydrogen-bond acceptors (Lipinski definition) is 2. The first-order valence-electron chi connectivity index (χ1n) is 1.52. The summed E-state index contributed by atoms with van der Waals surface area (Å²) in [6.07, 6.45) is 0. The molecule has 0 rings (SSSR count). The number of carbonyl (C=O) groups excluding carboxylic acids is 1. The summed E-state index contributed by atoms with van der Waals surface area (Å²) in [6, 6.07) is 0. The minimum Gasteiger partial charge on any atom is -0.280 e. The number of hydrogen-bond donors (Lipinski definition) is 1. The second-order valence-electron chi connectivity index (χ2n) is 0.980. The van der Waals surface area contributed by atoms with Crippen molar-refractivity contribution in [1.82, 2.24) is 0 Å². The Bertz CT molecular complexity index is 61.8. The molecular weight excluding hydrogens is 120 g/mol. The van der Waals surface area contributed by atoms with Crippen molar-refractivity contribution >= 4 is 29.5 Å². The van der Waals surface area contributed by atoms with Crippen molar-refractivity contribution < 1.29 is 4.79 Å². The Labute approximate surface area is 47.1 Å². The zero-order valence-electron chi connectivity index (χ0n) is 3.31. The average Bonchev–Trinajstić information content (AvgIpc) is 1.36. The number of rotatable bonds is 1. The summed E-state index contributed by atoms with van der Waals surface area (Å²) in [5.74, 6) is 0. The van der Waals surface area contributed by atoms with Gasteiger partial charge in [-0.3, -0.25) is 4.79 Å². The van der Waals surface area contributed by atoms with Crippen LogP contribution >= 0.6 is 24.2 Å². The lowest BCUT2D eigenvalue weighted by Gasteiger charge is -1.87. The van der Waals surface area contributed by atoms with E-state index in [-0.39, 0.29) is 5.25 Å². The van der Waals surface area contributed by atoms with Gasteiger partial charge in [-0.2, -0.15) is 12.6 Å². The lowest BCUT2D eigenvalue weighted by molar-refractivity contribution is -0.110. The molecule has 0 N–H and O–H groups in total. The van der Waals surface area contributed by atoms with Gasteiger partial charge in [-0.05, 0) is 18.5 Å². The van der Waals surface area contributed by atoms with Gasteiger partial charge in [-0.15, -0.1) is 0 Å². The summed E-state index contributed by atoms with van der Waals surface area (Å²) >= 11 is 8.61. The van der Waals surface area contributed by atoms with E-state index in [2.05, 4.69) is 12.6 Å². The van der Waals surface area contributed by atoms with Crippen LogP contribution in [0.2, 0.25) is 0 Å². The zero-order chi connectivity index (χ0) is 5.15. The molecule has 36 valence electrons. The van der Waals surface area contributed by atoms with Crippen molar-refractivity contribution in [3.8, 4) is 0 Å². The lowest BCUT2D eigenvalue weighted by Crippen LogP contribution is -1.99. The van der Waals surface area contributed by atoms with E-state index in [0.29, 0.717) is 0 Å². The van der Waals surface area contributed by atoms with Crippen LogP contribution in [-0.2, 0) is 4.79 Å². The lowest BCUT2D eigenvalue weighted by atomic mass is 10.5. The van der Waals surface area contributed by atoms with Gasteiger partial charge in [0, 0.05) is 0 Å². The molecule has 6 heavy (non-hydrogen) atoms. The number of carbonyl (C=O) groups is 1. The summed E-state index contributed by atoms with van der Waals surface area (Å²) in [6.45, 7) is 1.62. The molecule has 0 radical (unpaired) electrons. The molecule has 0 saturated carbocycles. The molecule has 1 atom stereocenters. The highest BCUT2D eigenvalue weighted by Crippen LogP contribution is 1.95. The first kappa shape index (κ1) is 6.31. The van der Waals surface area contributed by atoms with Gasteiger partial charge < -0.3 is 0 Å². The highest BCUT2D eigenvalue weighted by molar-refractivity contribution is 7.82. The fourth-order valence-corrected chi connectivity index (χ4v) is 0. The Morgan fingerprint density at radius 2 is 2.17 bits per heavy atom. The van der Waals surface area contributed by atoms with Gasteiger partial charge in [0.15, 0.2) is 0 Å². The summed E-state index contributed by atoms with van der Waals surface area (Å²) in [7, 11) is 0. The van der Waals surface area contributed by atoms with Crippen LogP contribution < -0.4 is 0 Å². The van der Waals surface area contributed by atoms with Gasteiger partial charge in [-0.25, -0.2) is 0 Å². The van der Waals surface area contributed by atoms with Gasteiger partial charge in [0.2, 0.25) is 5.24 Å². The summed E-state index contributed by atoms with van der Waals surface area (Å²) in [4.78, 5) is 9.83. The molecule has 0 amide bonds. The van der Waals surface area contributed by atoms with E-state index in [9.17, 15) is 4.79 Å². The molecule has 0 aromatic carbocycles.